The van der Waals surface area contributed by atoms with Crippen LogP contribution in [0.15, 0.2) is 0 Å². The van der Waals surface area contributed by atoms with E-state index in [2.05, 4.69) is 4.74 Å². The molecule has 5 rings (SSSR count). The van der Waals surface area contributed by atoms with Crippen LogP contribution in [0, 0.1) is 29.1 Å². The van der Waals surface area contributed by atoms with E-state index in [4.69, 9.17) is 9.47 Å². The van der Waals surface area contributed by atoms with Crippen molar-refractivity contribution in [2.45, 2.75) is 67.4 Å². The number of alkyl halides is 5. The predicted octanol–water partition coefficient (Wildman–Crippen LogP) is 4.84. The van der Waals surface area contributed by atoms with Crippen molar-refractivity contribution in [1.82, 2.24) is 0 Å². The Bertz CT molecular complexity index is 875. The molecule has 0 N–H and O–H groups in total. The molecule has 0 amide bonds. The molecule has 13 heteroatoms. The SMILES string of the molecule is CC(=O)OCC1SC2(SCC1COC(=O)C(F)(F)F)C1CC3CC2CC(C(=O)OCC(C)(F)F)(C3)C1. The van der Waals surface area contributed by atoms with Gasteiger partial charge in [0.05, 0.1) is 16.1 Å². The number of esters is 3. The van der Waals surface area contributed by atoms with Gasteiger partial charge >= 0.3 is 24.1 Å². The molecular formula is C23H29F5O6S2. The number of thioether (sulfide) groups is 2. The molecule has 1 aliphatic heterocycles. The van der Waals surface area contributed by atoms with Gasteiger partial charge in [-0.2, -0.15) is 13.2 Å². The second-order valence-electron chi connectivity index (χ2n) is 10.6. The lowest BCUT2D eigenvalue weighted by molar-refractivity contribution is -0.200. The molecule has 4 unspecified atom stereocenters. The van der Waals surface area contributed by atoms with E-state index >= 15 is 0 Å². The molecule has 36 heavy (non-hydrogen) atoms. The number of hydrogen-bond donors (Lipinski definition) is 0. The molecule has 1 saturated heterocycles. The fraction of sp³-hybridized carbons (Fsp3) is 0.870. The van der Waals surface area contributed by atoms with Gasteiger partial charge in [-0.05, 0) is 49.9 Å². The standard InChI is InChI=1S/C23H29F5O6S2/c1-12(29)32-9-17-14(8-33-19(31)23(26,27)28)10-35-22(36-17)15-3-13-4-16(22)7-21(5-13,6-15)18(30)34-11-20(2,24)25/h13-17H,3-11H2,1-2H3. The van der Waals surface area contributed by atoms with Crippen molar-refractivity contribution in [3.63, 3.8) is 0 Å². The lowest BCUT2D eigenvalue weighted by Gasteiger charge is -2.65. The highest BCUT2D eigenvalue weighted by Crippen LogP contribution is 2.72. The number of rotatable bonds is 7. The van der Waals surface area contributed by atoms with Crippen molar-refractivity contribution in [2.75, 3.05) is 25.6 Å². The van der Waals surface area contributed by atoms with E-state index in [-0.39, 0.29) is 28.4 Å². The molecule has 5 aliphatic rings. The Morgan fingerprint density at radius 3 is 2.14 bits per heavy atom. The first-order valence-corrected chi connectivity index (χ1v) is 13.7. The number of ether oxygens (including phenoxy) is 3. The minimum absolute atomic E-state index is 0.0296. The summed E-state index contributed by atoms with van der Waals surface area (Å²) in [6.07, 6.45) is -1.74. The van der Waals surface area contributed by atoms with Crippen LogP contribution >= 0.6 is 23.5 Å². The van der Waals surface area contributed by atoms with E-state index in [0.717, 1.165) is 12.8 Å². The molecule has 0 aromatic rings. The smallest absolute Gasteiger partial charge is 0.465 e. The highest BCUT2D eigenvalue weighted by Gasteiger charge is 2.67. The van der Waals surface area contributed by atoms with Crippen LogP contribution in [0.1, 0.15) is 46.0 Å². The lowest BCUT2D eigenvalue weighted by Crippen LogP contribution is -2.62. The quantitative estimate of drug-likeness (QED) is 0.249. The summed E-state index contributed by atoms with van der Waals surface area (Å²) in [5.74, 6) is -6.08. The van der Waals surface area contributed by atoms with Crippen molar-refractivity contribution in [3.05, 3.63) is 0 Å². The molecule has 4 bridgehead atoms. The molecule has 4 aliphatic carbocycles. The molecule has 4 saturated carbocycles. The minimum Gasteiger partial charge on any atom is -0.465 e. The number of hydrogen-bond acceptors (Lipinski definition) is 8. The van der Waals surface area contributed by atoms with E-state index in [1.165, 1.54) is 6.92 Å². The third-order valence-electron chi connectivity index (χ3n) is 7.71. The minimum atomic E-state index is -5.09. The third kappa shape index (κ3) is 5.61. The largest absolute Gasteiger partial charge is 0.490 e. The molecule has 0 aromatic heterocycles. The second-order valence-corrected chi connectivity index (χ2v) is 13.7. The van der Waals surface area contributed by atoms with Gasteiger partial charge in [-0.15, -0.1) is 23.5 Å². The summed E-state index contributed by atoms with van der Waals surface area (Å²) < 4.78 is 79.0. The van der Waals surface area contributed by atoms with Gasteiger partial charge in [0.25, 0.3) is 5.92 Å². The predicted molar refractivity (Wildman–Crippen MR) is 121 cm³/mol. The summed E-state index contributed by atoms with van der Waals surface area (Å²) in [5.41, 5.74) is -0.793. The fourth-order valence-electron chi connectivity index (χ4n) is 6.45. The summed E-state index contributed by atoms with van der Waals surface area (Å²) >= 11 is 3.16. The van der Waals surface area contributed by atoms with Crippen LogP contribution in [-0.2, 0) is 28.6 Å². The average Bonchev–Trinajstić information content (AvgIpc) is 2.77. The zero-order valence-electron chi connectivity index (χ0n) is 19.9. The van der Waals surface area contributed by atoms with Gasteiger partial charge in [-0.3, -0.25) is 9.59 Å². The monoisotopic (exact) mass is 560 g/mol. The highest BCUT2D eigenvalue weighted by atomic mass is 32.2. The number of halogens is 5. The van der Waals surface area contributed by atoms with Gasteiger partial charge in [0.1, 0.15) is 6.61 Å². The average molecular weight is 561 g/mol. The number of carbonyl (C=O) groups excluding carboxylic acids is 3. The molecule has 4 atom stereocenters. The van der Waals surface area contributed by atoms with E-state index < -0.39 is 59.8 Å². The van der Waals surface area contributed by atoms with Crippen molar-refractivity contribution in [2.24, 2.45) is 29.1 Å². The molecule has 5 fully saturated rings. The first-order chi connectivity index (χ1) is 16.6. The highest BCUT2D eigenvalue weighted by molar-refractivity contribution is 8.19. The maximum absolute atomic E-state index is 13.3. The first kappa shape index (κ1) is 27.8. The summed E-state index contributed by atoms with van der Waals surface area (Å²) in [6.45, 7) is 0.522. The molecule has 0 aromatic carbocycles. The number of carbonyl (C=O) groups is 3. The Hall–Kier alpha value is -1.24. The van der Waals surface area contributed by atoms with Crippen molar-refractivity contribution in [1.29, 1.82) is 0 Å². The summed E-state index contributed by atoms with van der Waals surface area (Å²) in [5, 5.41) is -0.393. The molecule has 204 valence electrons. The van der Waals surface area contributed by atoms with Crippen molar-refractivity contribution in [3.8, 4) is 0 Å². The van der Waals surface area contributed by atoms with Crippen LogP contribution in [0.25, 0.3) is 0 Å². The normalized spacial score (nSPS) is 37.6. The van der Waals surface area contributed by atoms with Crippen molar-refractivity contribution < 1.29 is 50.5 Å². The van der Waals surface area contributed by atoms with Crippen LogP contribution < -0.4 is 0 Å². The second kappa shape index (κ2) is 9.81. The van der Waals surface area contributed by atoms with Gasteiger partial charge in [-0.1, -0.05) is 0 Å². The third-order valence-corrected chi connectivity index (χ3v) is 11.9. The first-order valence-electron chi connectivity index (χ1n) is 11.9. The fourth-order valence-corrected chi connectivity index (χ4v) is 10.8. The zero-order valence-corrected chi connectivity index (χ0v) is 21.5. The van der Waals surface area contributed by atoms with Gasteiger partial charge in [0.15, 0.2) is 6.61 Å². The van der Waals surface area contributed by atoms with E-state index in [9.17, 15) is 36.3 Å². The molecule has 1 spiro atoms. The van der Waals surface area contributed by atoms with Gasteiger partial charge in [-0.25, -0.2) is 13.6 Å². The molecule has 1 heterocycles. The lowest BCUT2D eigenvalue weighted by atomic mass is 9.49. The zero-order chi connectivity index (χ0) is 26.5. The van der Waals surface area contributed by atoms with Crippen LogP contribution in [0.5, 0.6) is 0 Å². The van der Waals surface area contributed by atoms with Crippen molar-refractivity contribution >= 4 is 41.4 Å². The van der Waals surface area contributed by atoms with Crippen LogP contribution in [-0.4, -0.2) is 64.9 Å². The van der Waals surface area contributed by atoms with Gasteiger partial charge in [0, 0.05) is 30.8 Å². The Morgan fingerprint density at radius 2 is 1.58 bits per heavy atom. The topological polar surface area (TPSA) is 78.9 Å². The van der Waals surface area contributed by atoms with Gasteiger partial charge in [0.2, 0.25) is 0 Å². The van der Waals surface area contributed by atoms with E-state index in [1.54, 1.807) is 23.5 Å². The molecular weight excluding hydrogens is 531 g/mol. The molecule has 0 radical (unpaired) electrons. The van der Waals surface area contributed by atoms with Gasteiger partial charge < -0.3 is 14.2 Å². The summed E-state index contributed by atoms with van der Waals surface area (Å²) in [7, 11) is 0. The summed E-state index contributed by atoms with van der Waals surface area (Å²) in [6, 6.07) is 0. The van der Waals surface area contributed by atoms with Crippen LogP contribution in [0.2, 0.25) is 0 Å². The molecule has 6 nitrogen and oxygen atoms in total. The Labute approximate surface area is 214 Å². The van der Waals surface area contributed by atoms with Crippen LogP contribution in [0.3, 0.4) is 0 Å². The maximum atomic E-state index is 13.3. The van der Waals surface area contributed by atoms with Crippen LogP contribution in [0.4, 0.5) is 22.0 Å². The Kier molecular flexibility index (Phi) is 7.57. The maximum Gasteiger partial charge on any atom is 0.490 e. The van der Waals surface area contributed by atoms with E-state index in [0.29, 0.717) is 31.9 Å². The Morgan fingerprint density at radius 1 is 0.944 bits per heavy atom. The summed E-state index contributed by atoms with van der Waals surface area (Å²) in [4.78, 5) is 35.7. The Balaban J connectivity index is 1.49. The van der Waals surface area contributed by atoms with E-state index in [1.807, 2.05) is 0 Å².